The van der Waals surface area contributed by atoms with Crippen LogP contribution in [0.3, 0.4) is 0 Å². The Bertz CT molecular complexity index is 3050. The molecule has 3 amide bonds. The lowest BCUT2D eigenvalue weighted by molar-refractivity contribution is -0.367. The van der Waals surface area contributed by atoms with Crippen molar-refractivity contribution < 1.29 is 175 Å². The van der Waals surface area contributed by atoms with Gasteiger partial charge in [-0.2, -0.15) is 0 Å². The highest BCUT2D eigenvalue weighted by molar-refractivity contribution is 8.77. The predicted molar refractivity (Wildman–Crippen MR) is 302 cm³/mol. The number of hydrogen-bond acceptors (Lipinski definition) is 38. The van der Waals surface area contributed by atoms with E-state index < -0.39 is 228 Å². The van der Waals surface area contributed by atoms with E-state index >= 15 is 0 Å². The van der Waals surface area contributed by atoms with Crippen LogP contribution in [0.5, 0.6) is 0 Å². The number of benzene rings is 1. The van der Waals surface area contributed by atoms with Crippen LogP contribution >= 0.6 is 21.6 Å². The zero-order valence-corrected chi connectivity index (χ0v) is 53.0. The molecule has 46 heteroatoms. The van der Waals surface area contributed by atoms with Crippen LogP contribution in [0.15, 0.2) is 24.3 Å². The van der Waals surface area contributed by atoms with E-state index in [9.17, 15) is 124 Å². The van der Waals surface area contributed by atoms with Crippen LogP contribution in [0.4, 0.5) is 11.4 Å². The first-order valence-electron chi connectivity index (χ1n) is 28.1. The SMILES string of the molecule is CC(=O)N[C@H]1[C@H](O[C@H]2[C@H](O)[C@@H](O)[C@H](O[C@@H]3[C@@H](NC(C)=O)[C@H](OC[C@@H](O)[C@@H](O)[C@H](O)[C@@H](O)CNc4cccc(NC(=O)CCCCC5CCSS5)c4)O[C@H](CO)[C@@H]3OS(=O)(=O)[O-])O[C@@H]2C(=O)O)O[C@H](COS(=O)(=O)[O-])[C@H](OS(=O)(=O)[O-])[C@@H]1O[C@@H]1O[C@H](C(=O)O)[C@@H](O)[C@H](O)[C@H]1O. The summed E-state index contributed by atoms with van der Waals surface area (Å²) in [5.41, 5.74) is 0.730. The molecular formula is C48H71N4O37S5-3. The Balaban J connectivity index is 1.22. The van der Waals surface area contributed by atoms with Crippen molar-refractivity contribution in [1.29, 1.82) is 0 Å². The van der Waals surface area contributed by atoms with Crippen LogP contribution in [0.2, 0.25) is 0 Å². The number of amides is 3. The van der Waals surface area contributed by atoms with Crippen LogP contribution in [0.1, 0.15) is 46.0 Å². The number of rotatable bonds is 33. The van der Waals surface area contributed by atoms with Gasteiger partial charge in [-0.05, 0) is 37.5 Å². The second kappa shape index (κ2) is 34.6. The maximum Gasteiger partial charge on any atom is 0.335 e. The minimum Gasteiger partial charge on any atom is -0.726 e. The molecule has 5 saturated heterocycles. The van der Waals surface area contributed by atoms with E-state index in [1.807, 2.05) is 26.9 Å². The van der Waals surface area contributed by atoms with E-state index in [-0.39, 0.29) is 12.3 Å². The molecule has 538 valence electrons. The Morgan fingerprint density at radius 2 is 1.17 bits per heavy atom. The van der Waals surface area contributed by atoms with Crippen LogP contribution < -0.4 is 21.3 Å². The molecule has 0 aromatic heterocycles. The van der Waals surface area contributed by atoms with Gasteiger partial charge in [-0.1, -0.05) is 34.1 Å². The predicted octanol–water partition coefficient (Wildman–Crippen LogP) is -8.59. The third kappa shape index (κ3) is 22.5. The first-order valence-corrected chi connectivity index (χ1v) is 34.5. The molecule has 1 unspecified atom stereocenters. The van der Waals surface area contributed by atoms with Crippen molar-refractivity contribution in [3.63, 3.8) is 0 Å². The minimum atomic E-state index is -6.14. The molecule has 0 aliphatic carbocycles. The average Bonchev–Trinajstić information content (AvgIpc) is 0.789. The van der Waals surface area contributed by atoms with Crippen molar-refractivity contribution >= 4 is 93.8 Å². The largest absolute Gasteiger partial charge is 0.726 e. The number of aliphatic hydroxyl groups is 10. The number of carboxylic acid groups (broad SMARTS) is 2. The van der Waals surface area contributed by atoms with E-state index in [0.29, 0.717) is 30.0 Å². The summed E-state index contributed by atoms with van der Waals surface area (Å²) in [5.74, 6) is -5.78. The molecule has 0 radical (unpaired) electrons. The van der Waals surface area contributed by atoms with Crippen molar-refractivity contribution in [1.82, 2.24) is 10.6 Å². The topological polar surface area (TPSA) is 649 Å². The molecule has 5 aliphatic heterocycles. The quantitative estimate of drug-likeness (QED) is 0.0134. The standard InChI is InChI=1S/C48H74N4O37S5/c1-17(54)50-27-38(36(88-93(73,74)75)24(14-53)81-45(27)79-15-23(57)30(60)29(59)22(56)13-49-19-6-5-7-20(12-19)52-26(58)9-4-3-8-21-10-11-90-91-21)83-48-35(65)33(63)40(42(87-48)44(68)69)85-46-28(51-18(2)55)39(84-47-34(64)31(61)32(62)41(86-47)43(66)67)37(89-94(76,77)78)25(82-46)16-80-92(70,71)72/h5-7,12,21-25,27-42,45-49,53,56-57,59-65H,3-4,8-11,13-16H2,1-2H3,(H,50,54)(H,51,55)(H,52,58)(H,66,67)(H,68,69)(H,70,71,72)(H,73,74,75)(H,76,77,78)/p-3/t21?,22-,23+,24+,25+,27+,28+,29+,30+,31-,32-,33+,34+,35+,36-,37-,38+,39+,40-,41-,42-,45+,46-,47+,48+/m0/s1. The first kappa shape index (κ1) is 79.0. The van der Waals surface area contributed by atoms with E-state index in [0.717, 1.165) is 31.9 Å². The second-order valence-electron chi connectivity index (χ2n) is 21.7. The summed E-state index contributed by atoms with van der Waals surface area (Å²) in [6.07, 6.45) is -51.2. The fourth-order valence-corrected chi connectivity index (χ4v) is 14.6. The minimum absolute atomic E-state index is 0.237. The highest BCUT2D eigenvalue weighted by Crippen LogP contribution is 2.41. The van der Waals surface area contributed by atoms with Crippen molar-refractivity contribution in [2.75, 3.05) is 42.8 Å². The maximum atomic E-state index is 13.1. The average molecular weight is 1460 g/mol. The molecule has 25 atom stereocenters. The smallest absolute Gasteiger partial charge is 0.335 e. The number of carbonyl (C=O) groups is 5. The van der Waals surface area contributed by atoms with E-state index in [4.69, 9.17) is 37.9 Å². The highest BCUT2D eigenvalue weighted by Gasteiger charge is 2.59. The Kier molecular flexibility index (Phi) is 29.1. The molecule has 1 aromatic carbocycles. The lowest BCUT2D eigenvalue weighted by Crippen LogP contribution is -2.71. The summed E-state index contributed by atoms with van der Waals surface area (Å²) < 4.78 is 166. The summed E-state index contributed by atoms with van der Waals surface area (Å²) in [6.45, 7) is -3.27. The summed E-state index contributed by atoms with van der Waals surface area (Å²) in [6, 6.07) is 1.66. The van der Waals surface area contributed by atoms with Crippen LogP contribution in [0, 0.1) is 0 Å². The molecule has 1 aromatic rings. The van der Waals surface area contributed by atoms with Crippen LogP contribution in [0.25, 0.3) is 0 Å². The van der Waals surface area contributed by atoms with Crippen molar-refractivity contribution in [3.8, 4) is 0 Å². The van der Waals surface area contributed by atoms with Crippen molar-refractivity contribution in [2.24, 2.45) is 0 Å². The van der Waals surface area contributed by atoms with Gasteiger partial charge in [0, 0.05) is 49.2 Å². The second-order valence-corrected chi connectivity index (χ2v) is 27.5. The lowest BCUT2D eigenvalue weighted by atomic mass is 9.94. The molecule has 5 fully saturated rings. The number of nitrogens with one attached hydrogen (secondary N) is 4. The van der Waals surface area contributed by atoms with Gasteiger partial charge < -0.3 is 134 Å². The molecule has 41 nitrogen and oxygen atoms in total. The molecular weight excluding hydrogens is 1380 g/mol. The summed E-state index contributed by atoms with van der Waals surface area (Å²) in [4.78, 5) is 63.4. The Morgan fingerprint density at radius 1 is 0.638 bits per heavy atom. The van der Waals surface area contributed by atoms with Gasteiger partial charge in [0.05, 0.1) is 25.9 Å². The number of aliphatic carboxylic acids is 2. The van der Waals surface area contributed by atoms with Crippen molar-refractivity contribution in [3.05, 3.63) is 24.3 Å². The van der Waals surface area contributed by atoms with Crippen molar-refractivity contribution in [2.45, 2.75) is 198 Å². The number of anilines is 2. The summed E-state index contributed by atoms with van der Waals surface area (Å²) in [5, 5.41) is 140. The first-order chi connectivity index (χ1) is 43.9. The highest BCUT2D eigenvalue weighted by atomic mass is 33.1. The van der Waals surface area contributed by atoms with Gasteiger partial charge in [-0.15, -0.1) is 0 Å². The van der Waals surface area contributed by atoms with Gasteiger partial charge in [-0.3, -0.25) is 26.9 Å². The molecule has 5 heterocycles. The molecule has 0 spiro atoms. The van der Waals surface area contributed by atoms with Gasteiger partial charge in [0.1, 0.15) is 104 Å². The van der Waals surface area contributed by atoms with E-state index in [1.165, 1.54) is 6.07 Å². The third-order valence-electron chi connectivity index (χ3n) is 14.7. The molecule has 5 aliphatic rings. The molecule has 0 bridgehead atoms. The maximum absolute atomic E-state index is 13.1. The summed E-state index contributed by atoms with van der Waals surface area (Å²) >= 11 is 0. The lowest BCUT2D eigenvalue weighted by Gasteiger charge is -2.50. The molecule has 94 heavy (non-hydrogen) atoms. The Labute approximate surface area is 542 Å². The number of ether oxygens (including phenoxy) is 8. The fraction of sp³-hybridized carbons (Fsp3) is 0.771. The Hall–Kier alpha value is -4.04. The number of unbranched alkanes of at least 4 members (excludes halogenated alkanes) is 1. The normalized spacial score (nSPS) is 34.7. The molecule has 16 N–H and O–H groups in total. The number of aliphatic hydroxyl groups excluding tert-OH is 10. The van der Waals surface area contributed by atoms with Gasteiger partial charge in [0.15, 0.2) is 37.4 Å². The fourth-order valence-electron chi connectivity index (χ4n) is 10.3. The van der Waals surface area contributed by atoms with E-state index in [2.05, 4.69) is 28.5 Å². The number of carbonyl (C=O) groups excluding carboxylic acids is 3. The Morgan fingerprint density at radius 3 is 1.71 bits per heavy atom. The zero-order valence-electron chi connectivity index (χ0n) is 48.9. The van der Waals surface area contributed by atoms with Crippen LogP contribution in [-0.2, 0) is 106 Å². The third-order valence-corrected chi connectivity index (χ3v) is 19.0. The van der Waals surface area contributed by atoms with Crippen LogP contribution in [-0.4, -0.2) is 314 Å². The van der Waals surface area contributed by atoms with Gasteiger partial charge in [0.25, 0.3) is 0 Å². The summed E-state index contributed by atoms with van der Waals surface area (Å²) in [7, 11) is -14.3. The zero-order chi connectivity index (χ0) is 69.9. The van der Waals surface area contributed by atoms with Gasteiger partial charge in [-0.25, -0.2) is 34.8 Å². The number of hydrogen-bond donors (Lipinski definition) is 16. The number of carboxylic acids is 2. The van der Waals surface area contributed by atoms with E-state index in [1.54, 1.807) is 18.2 Å². The van der Waals surface area contributed by atoms with Gasteiger partial charge >= 0.3 is 11.9 Å². The van der Waals surface area contributed by atoms with Gasteiger partial charge in [0.2, 0.25) is 48.9 Å². The molecule has 0 saturated carbocycles. The molecule has 6 rings (SSSR count). The monoisotopic (exact) mass is 1460 g/mol.